The van der Waals surface area contributed by atoms with E-state index in [2.05, 4.69) is 17.3 Å². The molecular formula is C14H11NO2. The number of hydrogen-bond donors (Lipinski definition) is 1. The van der Waals surface area contributed by atoms with E-state index in [1.807, 2.05) is 24.3 Å². The minimum Gasteiger partial charge on any atom is -0.508 e. The highest BCUT2D eigenvalue weighted by Crippen LogP contribution is 2.24. The largest absolute Gasteiger partial charge is 0.508 e. The Morgan fingerprint density at radius 1 is 1.06 bits per heavy atom. The van der Waals surface area contributed by atoms with E-state index < -0.39 is 0 Å². The topological polar surface area (TPSA) is 46.3 Å². The van der Waals surface area contributed by atoms with Gasteiger partial charge in [0.25, 0.3) is 0 Å². The lowest BCUT2D eigenvalue weighted by molar-refractivity contribution is 0.442. The van der Waals surface area contributed by atoms with Crippen molar-refractivity contribution in [1.29, 1.82) is 0 Å². The van der Waals surface area contributed by atoms with Crippen molar-refractivity contribution in [2.45, 2.75) is 6.42 Å². The number of rotatable bonds is 2. The lowest BCUT2D eigenvalue weighted by Crippen LogP contribution is -1.87. The van der Waals surface area contributed by atoms with Gasteiger partial charge in [-0.1, -0.05) is 35.5 Å². The zero-order valence-corrected chi connectivity index (χ0v) is 9.13. The zero-order chi connectivity index (χ0) is 11.7. The van der Waals surface area contributed by atoms with Crippen LogP contribution in [0.3, 0.4) is 0 Å². The summed E-state index contributed by atoms with van der Waals surface area (Å²) in [5.74, 6) is 0.194. The number of hydrogen-bond acceptors (Lipinski definition) is 3. The molecule has 17 heavy (non-hydrogen) atoms. The second-order valence-corrected chi connectivity index (χ2v) is 3.97. The number of nitrogens with zero attached hydrogens (tertiary/aromatic N) is 1. The molecule has 1 N–H and O–H groups in total. The molecule has 3 heteroatoms. The fraction of sp³-hybridized carbons (Fsp3) is 0.0714. The van der Waals surface area contributed by atoms with Crippen molar-refractivity contribution in [2.24, 2.45) is 0 Å². The Morgan fingerprint density at radius 2 is 1.88 bits per heavy atom. The molecule has 0 fully saturated rings. The van der Waals surface area contributed by atoms with Crippen LogP contribution in [0.2, 0.25) is 0 Å². The van der Waals surface area contributed by atoms with Crippen LogP contribution in [0.5, 0.6) is 5.75 Å². The smallest absolute Gasteiger partial charge is 0.170 e. The first-order valence-corrected chi connectivity index (χ1v) is 5.44. The van der Waals surface area contributed by atoms with E-state index in [9.17, 15) is 5.11 Å². The number of benzene rings is 2. The van der Waals surface area contributed by atoms with E-state index >= 15 is 0 Å². The molecule has 0 saturated heterocycles. The van der Waals surface area contributed by atoms with Crippen molar-refractivity contribution in [1.82, 2.24) is 5.16 Å². The fourth-order valence-corrected chi connectivity index (χ4v) is 1.90. The molecule has 3 nitrogen and oxygen atoms in total. The summed E-state index contributed by atoms with van der Waals surface area (Å²) < 4.78 is 5.19. The zero-order valence-electron chi connectivity index (χ0n) is 9.13. The molecule has 84 valence electrons. The number of aromatic hydroxyl groups is 1. The number of fused-ring (bicyclic) bond motifs is 1. The molecule has 0 atom stereocenters. The van der Waals surface area contributed by atoms with Crippen LogP contribution in [0, 0.1) is 0 Å². The van der Waals surface area contributed by atoms with Gasteiger partial charge in [-0.05, 0) is 17.7 Å². The third-order valence-corrected chi connectivity index (χ3v) is 2.74. The predicted octanol–water partition coefficient (Wildman–Crippen LogP) is 3.12. The molecule has 1 heterocycles. The molecule has 0 spiro atoms. The Hall–Kier alpha value is -2.29. The summed E-state index contributed by atoms with van der Waals surface area (Å²) in [5, 5.41) is 14.3. The first kappa shape index (κ1) is 9.90. The summed E-state index contributed by atoms with van der Waals surface area (Å²) in [7, 11) is 0. The van der Waals surface area contributed by atoms with Crippen LogP contribution >= 0.6 is 0 Å². The molecule has 2 aromatic carbocycles. The van der Waals surface area contributed by atoms with Crippen LogP contribution in [0.15, 0.2) is 53.1 Å². The fourth-order valence-electron chi connectivity index (χ4n) is 1.90. The van der Waals surface area contributed by atoms with Gasteiger partial charge >= 0.3 is 0 Å². The van der Waals surface area contributed by atoms with Gasteiger partial charge in [0.2, 0.25) is 0 Å². The van der Waals surface area contributed by atoms with Crippen LogP contribution in [-0.4, -0.2) is 10.3 Å². The summed E-state index contributed by atoms with van der Waals surface area (Å²) in [6.45, 7) is 0. The average Bonchev–Trinajstić information content (AvgIpc) is 2.73. The van der Waals surface area contributed by atoms with Crippen LogP contribution in [-0.2, 0) is 6.42 Å². The molecule has 0 amide bonds. The minimum absolute atomic E-state index is 0.194. The van der Waals surface area contributed by atoms with Crippen molar-refractivity contribution in [3.8, 4) is 5.75 Å². The Balaban J connectivity index is 2.01. The maximum Gasteiger partial charge on any atom is 0.170 e. The van der Waals surface area contributed by atoms with Crippen molar-refractivity contribution in [3.63, 3.8) is 0 Å². The van der Waals surface area contributed by atoms with E-state index in [4.69, 9.17) is 4.52 Å². The quantitative estimate of drug-likeness (QED) is 0.728. The van der Waals surface area contributed by atoms with Gasteiger partial charge in [0, 0.05) is 17.9 Å². The van der Waals surface area contributed by atoms with Crippen molar-refractivity contribution in [2.75, 3.05) is 0 Å². The molecule has 1 aromatic heterocycles. The maximum absolute atomic E-state index is 9.34. The van der Waals surface area contributed by atoms with Gasteiger partial charge in [-0.15, -0.1) is 0 Å². The van der Waals surface area contributed by atoms with Crippen molar-refractivity contribution < 1.29 is 9.63 Å². The SMILES string of the molecule is Oc1ccc2c(Cc3ccccc3)noc2c1. The second-order valence-electron chi connectivity index (χ2n) is 3.97. The highest BCUT2D eigenvalue weighted by Gasteiger charge is 2.08. The van der Waals surface area contributed by atoms with Crippen molar-refractivity contribution in [3.05, 3.63) is 59.8 Å². The Kier molecular flexibility index (Phi) is 2.29. The normalized spacial score (nSPS) is 10.8. The third kappa shape index (κ3) is 1.87. The standard InChI is InChI=1S/C14H11NO2/c16-11-6-7-12-13(15-17-14(12)9-11)8-10-4-2-1-3-5-10/h1-7,9,16H,8H2. The van der Waals surface area contributed by atoms with Crippen LogP contribution < -0.4 is 0 Å². The summed E-state index contributed by atoms with van der Waals surface area (Å²) >= 11 is 0. The monoisotopic (exact) mass is 225 g/mol. The number of aromatic nitrogens is 1. The van der Waals surface area contributed by atoms with Gasteiger partial charge in [0.05, 0.1) is 5.69 Å². The van der Waals surface area contributed by atoms with Crippen molar-refractivity contribution >= 4 is 11.0 Å². The van der Waals surface area contributed by atoms with E-state index in [1.165, 1.54) is 5.56 Å². The summed E-state index contributed by atoms with van der Waals surface area (Å²) in [6, 6.07) is 15.2. The molecule has 0 aliphatic heterocycles. The molecular weight excluding hydrogens is 214 g/mol. The first-order valence-electron chi connectivity index (χ1n) is 5.44. The summed E-state index contributed by atoms with van der Waals surface area (Å²) in [5.41, 5.74) is 2.71. The molecule has 3 aromatic rings. The van der Waals surface area contributed by atoms with Crippen LogP contribution in [0.25, 0.3) is 11.0 Å². The highest BCUT2D eigenvalue weighted by atomic mass is 16.5. The Labute approximate surface area is 98.3 Å². The summed E-state index contributed by atoms with van der Waals surface area (Å²) in [4.78, 5) is 0. The van der Waals surface area contributed by atoms with E-state index in [-0.39, 0.29) is 5.75 Å². The summed E-state index contributed by atoms with van der Waals surface area (Å²) in [6.07, 6.45) is 0.735. The minimum atomic E-state index is 0.194. The van der Waals surface area contributed by atoms with Gasteiger partial charge in [-0.25, -0.2) is 0 Å². The maximum atomic E-state index is 9.34. The molecule has 0 aliphatic rings. The molecule has 0 aliphatic carbocycles. The van der Waals surface area contributed by atoms with Gasteiger partial charge in [0.15, 0.2) is 5.58 Å². The molecule has 0 radical (unpaired) electrons. The first-order chi connectivity index (χ1) is 8.33. The average molecular weight is 225 g/mol. The number of phenols is 1. The lowest BCUT2D eigenvalue weighted by Gasteiger charge is -1.97. The predicted molar refractivity (Wildman–Crippen MR) is 64.9 cm³/mol. The second kappa shape index (κ2) is 3.94. The highest BCUT2D eigenvalue weighted by molar-refractivity contribution is 5.81. The molecule has 3 rings (SSSR count). The molecule has 0 unspecified atom stereocenters. The van der Waals surface area contributed by atoms with E-state index in [0.29, 0.717) is 5.58 Å². The van der Waals surface area contributed by atoms with E-state index in [1.54, 1.807) is 12.1 Å². The lowest BCUT2D eigenvalue weighted by atomic mass is 10.1. The molecule has 0 bridgehead atoms. The number of phenolic OH excluding ortho intramolecular Hbond substituents is 1. The van der Waals surface area contributed by atoms with Gasteiger partial charge in [0.1, 0.15) is 5.75 Å². The molecule has 0 saturated carbocycles. The van der Waals surface area contributed by atoms with E-state index in [0.717, 1.165) is 17.5 Å². The van der Waals surface area contributed by atoms with Crippen LogP contribution in [0.1, 0.15) is 11.3 Å². The Bertz CT molecular complexity index is 644. The van der Waals surface area contributed by atoms with Gasteiger partial charge < -0.3 is 9.63 Å². The van der Waals surface area contributed by atoms with Gasteiger partial charge in [-0.2, -0.15) is 0 Å². The third-order valence-electron chi connectivity index (χ3n) is 2.74. The van der Waals surface area contributed by atoms with Gasteiger partial charge in [-0.3, -0.25) is 0 Å². The van der Waals surface area contributed by atoms with Crippen LogP contribution in [0.4, 0.5) is 0 Å². The Morgan fingerprint density at radius 3 is 2.71 bits per heavy atom.